The van der Waals surface area contributed by atoms with E-state index in [4.69, 9.17) is 28.9 Å². The summed E-state index contributed by atoms with van der Waals surface area (Å²) in [6.45, 7) is 0. The van der Waals surface area contributed by atoms with Gasteiger partial charge in [0.25, 0.3) is 0 Å². The van der Waals surface area contributed by atoms with Crippen molar-refractivity contribution in [1.29, 1.82) is 0 Å². The fourth-order valence-corrected chi connectivity index (χ4v) is 2.08. The van der Waals surface area contributed by atoms with Gasteiger partial charge in [-0.3, -0.25) is 4.79 Å². The van der Waals surface area contributed by atoms with Crippen molar-refractivity contribution in [3.05, 3.63) is 63.6 Å². The zero-order valence-corrected chi connectivity index (χ0v) is 11.0. The molecule has 4 heteroatoms. The first-order chi connectivity index (χ1) is 8.58. The average molecular weight is 280 g/mol. The molecule has 2 aromatic rings. The zero-order valence-electron chi connectivity index (χ0n) is 9.49. The second-order valence-electron chi connectivity index (χ2n) is 3.92. The van der Waals surface area contributed by atoms with Crippen molar-refractivity contribution >= 4 is 34.7 Å². The molecule has 0 aliphatic rings. The van der Waals surface area contributed by atoms with Crippen LogP contribution in [0.3, 0.4) is 0 Å². The summed E-state index contributed by atoms with van der Waals surface area (Å²) in [5.41, 5.74) is 7.45. The van der Waals surface area contributed by atoms with E-state index < -0.39 is 0 Å². The maximum absolute atomic E-state index is 12.1. The minimum Gasteiger partial charge on any atom is -0.398 e. The van der Waals surface area contributed by atoms with Gasteiger partial charge in [0.1, 0.15) is 0 Å². The van der Waals surface area contributed by atoms with E-state index in [-0.39, 0.29) is 12.2 Å². The minimum atomic E-state index is -0.0720. The molecule has 18 heavy (non-hydrogen) atoms. The highest BCUT2D eigenvalue weighted by atomic mass is 35.5. The highest BCUT2D eigenvalue weighted by Gasteiger charge is 2.12. The van der Waals surface area contributed by atoms with Crippen LogP contribution in [-0.4, -0.2) is 5.78 Å². The van der Waals surface area contributed by atoms with Gasteiger partial charge in [0.05, 0.1) is 0 Å². The maximum Gasteiger partial charge on any atom is 0.169 e. The number of hydrogen-bond acceptors (Lipinski definition) is 2. The van der Waals surface area contributed by atoms with Gasteiger partial charge in [-0.2, -0.15) is 0 Å². The molecule has 0 bridgehead atoms. The van der Waals surface area contributed by atoms with Crippen molar-refractivity contribution in [3.8, 4) is 0 Å². The monoisotopic (exact) mass is 279 g/mol. The quantitative estimate of drug-likeness (QED) is 0.682. The standard InChI is InChI=1S/C14H11Cl2NO/c15-10-5-6-12(16)9(7-10)8-14(18)11-3-1-2-4-13(11)17/h1-7H,8,17H2. The fraction of sp³-hybridized carbons (Fsp3) is 0.0714. The van der Waals surface area contributed by atoms with Gasteiger partial charge in [0.2, 0.25) is 0 Å². The molecule has 0 atom stereocenters. The molecule has 2 aromatic carbocycles. The highest BCUT2D eigenvalue weighted by molar-refractivity contribution is 6.33. The third-order valence-corrected chi connectivity index (χ3v) is 3.22. The maximum atomic E-state index is 12.1. The molecule has 0 heterocycles. The molecule has 0 saturated heterocycles. The van der Waals surface area contributed by atoms with Crippen LogP contribution in [0, 0.1) is 0 Å². The number of halogens is 2. The van der Waals surface area contributed by atoms with Gasteiger partial charge in [0, 0.05) is 27.7 Å². The van der Waals surface area contributed by atoms with Gasteiger partial charge in [-0.25, -0.2) is 0 Å². The molecular formula is C14H11Cl2NO. The Balaban J connectivity index is 2.27. The number of para-hydroxylation sites is 1. The van der Waals surface area contributed by atoms with Crippen LogP contribution in [0.15, 0.2) is 42.5 Å². The number of carbonyl (C=O) groups is 1. The van der Waals surface area contributed by atoms with Crippen LogP contribution in [-0.2, 0) is 6.42 Å². The number of ketones is 1. The molecule has 0 aliphatic carbocycles. The Labute approximate surface area is 115 Å². The normalized spacial score (nSPS) is 10.3. The summed E-state index contributed by atoms with van der Waals surface area (Å²) in [6, 6.07) is 12.0. The Morgan fingerprint density at radius 3 is 2.56 bits per heavy atom. The molecule has 2 rings (SSSR count). The lowest BCUT2D eigenvalue weighted by Gasteiger charge is -2.06. The highest BCUT2D eigenvalue weighted by Crippen LogP contribution is 2.23. The molecule has 0 aliphatic heterocycles. The smallest absolute Gasteiger partial charge is 0.169 e. The molecule has 0 amide bonds. The molecular weight excluding hydrogens is 269 g/mol. The second-order valence-corrected chi connectivity index (χ2v) is 4.77. The van der Waals surface area contributed by atoms with E-state index in [0.29, 0.717) is 26.9 Å². The number of nitrogen functional groups attached to an aromatic ring is 1. The van der Waals surface area contributed by atoms with E-state index in [0.717, 1.165) is 0 Å². The van der Waals surface area contributed by atoms with Crippen LogP contribution in [0.1, 0.15) is 15.9 Å². The largest absolute Gasteiger partial charge is 0.398 e. The van der Waals surface area contributed by atoms with E-state index in [1.165, 1.54) is 0 Å². The van der Waals surface area contributed by atoms with Crippen molar-refractivity contribution in [1.82, 2.24) is 0 Å². The Bertz CT molecular complexity index is 596. The first-order valence-corrected chi connectivity index (χ1v) is 6.15. The molecule has 0 aromatic heterocycles. The number of benzene rings is 2. The van der Waals surface area contributed by atoms with Crippen LogP contribution in [0.5, 0.6) is 0 Å². The van der Waals surface area contributed by atoms with Crippen LogP contribution < -0.4 is 5.73 Å². The molecule has 0 fully saturated rings. The molecule has 2 N–H and O–H groups in total. The van der Waals surface area contributed by atoms with E-state index in [1.54, 1.807) is 42.5 Å². The Morgan fingerprint density at radius 1 is 1.11 bits per heavy atom. The van der Waals surface area contributed by atoms with E-state index >= 15 is 0 Å². The molecule has 92 valence electrons. The molecule has 2 nitrogen and oxygen atoms in total. The van der Waals surface area contributed by atoms with Gasteiger partial charge < -0.3 is 5.73 Å². The van der Waals surface area contributed by atoms with Crippen LogP contribution in [0.2, 0.25) is 10.0 Å². The first-order valence-electron chi connectivity index (χ1n) is 5.39. The van der Waals surface area contributed by atoms with Gasteiger partial charge in [-0.1, -0.05) is 35.3 Å². The number of hydrogen-bond donors (Lipinski definition) is 1. The Kier molecular flexibility index (Phi) is 3.90. The number of nitrogens with two attached hydrogens (primary N) is 1. The van der Waals surface area contributed by atoms with Crippen molar-refractivity contribution < 1.29 is 4.79 Å². The Hall–Kier alpha value is -1.51. The minimum absolute atomic E-state index is 0.0720. The van der Waals surface area contributed by atoms with Crippen LogP contribution in [0.4, 0.5) is 5.69 Å². The second kappa shape index (κ2) is 5.42. The molecule has 0 unspecified atom stereocenters. The molecule has 0 radical (unpaired) electrons. The zero-order chi connectivity index (χ0) is 13.1. The van der Waals surface area contributed by atoms with Gasteiger partial charge >= 0.3 is 0 Å². The number of anilines is 1. The summed E-state index contributed by atoms with van der Waals surface area (Å²) < 4.78 is 0. The lowest BCUT2D eigenvalue weighted by atomic mass is 10.0. The van der Waals surface area contributed by atoms with Crippen molar-refractivity contribution in [2.24, 2.45) is 0 Å². The SMILES string of the molecule is Nc1ccccc1C(=O)Cc1cc(Cl)ccc1Cl. The predicted molar refractivity (Wildman–Crippen MR) is 75.4 cm³/mol. The summed E-state index contributed by atoms with van der Waals surface area (Å²) in [4.78, 5) is 12.1. The summed E-state index contributed by atoms with van der Waals surface area (Å²) >= 11 is 11.9. The summed E-state index contributed by atoms with van der Waals surface area (Å²) in [7, 11) is 0. The predicted octanol–water partition coefficient (Wildman–Crippen LogP) is 4.00. The van der Waals surface area contributed by atoms with Crippen molar-refractivity contribution in [3.63, 3.8) is 0 Å². The third-order valence-electron chi connectivity index (χ3n) is 2.62. The van der Waals surface area contributed by atoms with E-state index in [9.17, 15) is 4.79 Å². The van der Waals surface area contributed by atoms with E-state index in [1.807, 2.05) is 0 Å². The number of Topliss-reactive ketones (excluding diaryl/α,β-unsaturated/α-hetero) is 1. The lowest BCUT2D eigenvalue weighted by molar-refractivity contribution is 0.0994. The topological polar surface area (TPSA) is 43.1 Å². The van der Waals surface area contributed by atoms with E-state index in [2.05, 4.69) is 0 Å². The lowest BCUT2D eigenvalue weighted by Crippen LogP contribution is -2.07. The average Bonchev–Trinajstić information content (AvgIpc) is 2.34. The fourth-order valence-electron chi connectivity index (χ4n) is 1.70. The summed E-state index contributed by atoms with van der Waals surface area (Å²) in [6.07, 6.45) is 0.188. The molecule has 0 spiro atoms. The number of carbonyl (C=O) groups excluding carboxylic acids is 1. The summed E-state index contributed by atoms with van der Waals surface area (Å²) in [5, 5.41) is 1.09. The van der Waals surface area contributed by atoms with Gasteiger partial charge in [-0.15, -0.1) is 0 Å². The summed E-state index contributed by atoms with van der Waals surface area (Å²) in [5.74, 6) is -0.0720. The van der Waals surface area contributed by atoms with Crippen LogP contribution in [0.25, 0.3) is 0 Å². The van der Waals surface area contributed by atoms with Crippen LogP contribution >= 0.6 is 23.2 Å². The van der Waals surface area contributed by atoms with Crippen molar-refractivity contribution in [2.75, 3.05) is 5.73 Å². The van der Waals surface area contributed by atoms with Crippen molar-refractivity contribution in [2.45, 2.75) is 6.42 Å². The number of rotatable bonds is 3. The van der Waals surface area contributed by atoms with Gasteiger partial charge in [-0.05, 0) is 35.9 Å². The Morgan fingerprint density at radius 2 is 1.83 bits per heavy atom. The van der Waals surface area contributed by atoms with Gasteiger partial charge in [0.15, 0.2) is 5.78 Å². The first kappa shape index (κ1) is 12.9. The third kappa shape index (κ3) is 2.84. The molecule has 0 saturated carbocycles.